The summed E-state index contributed by atoms with van der Waals surface area (Å²) in [6, 6.07) is 0. The lowest BCUT2D eigenvalue weighted by molar-refractivity contribution is -0.134. The molecule has 0 aliphatic carbocycles. The Morgan fingerprint density at radius 3 is 2.16 bits per heavy atom. The average molecular weight is 303 g/mol. The van der Waals surface area contributed by atoms with Gasteiger partial charge in [0.1, 0.15) is 0 Å². The Balaban J connectivity index is 4.51. The molecule has 0 bridgehead atoms. The second-order valence-corrected chi connectivity index (χ2v) is 7.23. The van der Waals surface area contributed by atoms with Crippen LogP contribution < -0.4 is 0 Å². The van der Waals surface area contributed by atoms with Gasteiger partial charge in [-0.25, -0.2) is 12.7 Å². The van der Waals surface area contributed by atoms with Gasteiger partial charge in [0.25, 0.3) is 0 Å². The van der Waals surface area contributed by atoms with Crippen LogP contribution in [-0.2, 0) is 10.0 Å². The predicted octanol–water partition coefficient (Wildman–Crippen LogP) is 3.42. The number of unbranched alkanes of at least 4 members (excludes halogenated alkanes) is 1. The van der Waals surface area contributed by atoms with Crippen LogP contribution in [0.15, 0.2) is 0 Å². The molecule has 7 heteroatoms. The molecule has 0 aromatic heterocycles. The molecule has 0 saturated heterocycles. The van der Waals surface area contributed by atoms with Gasteiger partial charge >= 0.3 is 6.18 Å². The molecule has 0 heterocycles. The number of sulfonamides is 1. The van der Waals surface area contributed by atoms with E-state index in [9.17, 15) is 21.6 Å². The average Bonchev–Trinajstić information content (AvgIpc) is 2.21. The topological polar surface area (TPSA) is 37.4 Å². The van der Waals surface area contributed by atoms with Crippen LogP contribution >= 0.6 is 0 Å². The fraction of sp³-hybridized carbons (Fsp3) is 1.00. The van der Waals surface area contributed by atoms with E-state index in [-0.39, 0.29) is 12.3 Å². The fourth-order valence-corrected chi connectivity index (χ4v) is 3.37. The van der Waals surface area contributed by atoms with Crippen molar-refractivity contribution in [3.8, 4) is 0 Å². The van der Waals surface area contributed by atoms with E-state index in [4.69, 9.17) is 0 Å². The van der Waals surface area contributed by atoms with Gasteiger partial charge in [-0.3, -0.25) is 0 Å². The Bertz CT molecular complexity index is 339. The number of halogens is 3. The first kappa shape index (κ1) is 18.7. The van der Waals surface area contributed by atoms with Crippen LogP contribution in [0.5, 0.6) is 0 Å². The Morgan fingerprint density at radius 1 is 1.16 bits per heavy atom. The smallest absolute Gasteiger partial charge is 0.212 e. The van der Waals surface area contributed by atoms with Gasteiger partial charge in [-0.15, -0.1) is 0 Å². The van der Waals surface area contributed by atoms with Gasteiger partial charge in [0, 0.05) is 19.5 Å². The first-order valence-electron chi connectivity index (χ1n) is 6.63. The van der Waals surface area contributed by atoms with Crippen molar-refractivity contribution in [1.29, 1.82) is 0 Å². The van der Waals surface area contributed by atoms with Crippen molar-refractivity contribution in [2.45, 2.75) is 52.6 Å². The van der Waals surface area contributed by atoms with Gasteiger partial charge < -0.3 is 0 Å². The SMILES string of the molecule is CCCCN(CC(C)C)S(=O)(=O)CCCC(F)(F)F. The summed E-state index contributed by atoms with van der Waals surface area (Å²) in [5.74, 6) is -0.266. The van der Waals surface area contributed by atoms with Crippen LogP contribution in [0, 0.1) is 5.92 Å². The predicted molar refractivity (Wildman–Crippen MR) is 70.4 cm³/mol. The third-order valence-corrected chi connectivity index (χ3v) is 4.51. The van der Waals surface area contributed by atoms with Crippen LogP contribution in [-0.4, -0.2) is 37.7 Å². The number of alkyl halides is 3. The summed E-state index contributed by atoms with van der Waals surface area (Å²) in [6.45, 7) is 6.50. The molecule has 0 aliphatic rings. The lowest BCUT2D eigenvalue weighted by atomic mass is 10.2. The molecule has 0 aromatic rings. The Kier molecular flexibility index (Phi) is 7.96. The summed E-state index contributed by atoms with van der Waals surface area (Å²) in [5.41, 5.74) is 0. The molecular weight excluding hydrogens is 279 g/mol. The van der Waals surface area contributed by atoms with Crippen molar-refractivity contribution in [3.05, 3.63) is 0 Å². The van der Waals surface area contributed by atoms with Crippen LogP contribution in [0.2, 0.25) is 0 Å². The zero-order valence-electron chi connectivity index (χ0n) is 11.8. The molecule has 0 amide bonds. The van der Waals surface area contributed by atoms with Gasteiger partial charge in [0.2, 0.25) is 10.0 Å². The summed E-state index contributed by atoms with van der Waals surface area (Å²) in [6.07, 6.45) is -4.12. The van der Waals surface area contributed by atoms with Crippen molar-refractivity contribution in [1.82, 2.24) is 4.31 Å². The number of hydrogen-bond donors (Lipinski definition) is 0. The van der Waals surface area contributed by atoms with E-state index < -0.39 is 28.4 Å². The van der Waals surface area contributed by atoms with Crippen LogP contribution in [0.1, 0.15) is 46.5 Å². The molecule has 0 saturated carbocycles. The van der Waals surface area contributed by atoms with E-state index in [2.05, 4.69) is 0 Å². The molecule has 0 aliphatic heterocycles. The Morgan fingerprint density at radius 2 is 1.74 bits per heavy atom. The van der Waals surface area contributed by atoms with Crippen molar-refractivity contribution >= 4 is 10.0 Å². The fourth-order valence-electron chi connectivity index (χ4n) is 1.67. The number of nitrogens with zero attached hydrogens (tertiary/aromatic N) is 1. The molecular formula is C12H24F3NO2S. The molecule has 19 heavy (non-hydrogen) atoms. The van der Waals surface area contributed by atoms with E-state index in [1.54, 1.807) is 0 Å². The quantitative estimate of drug-likeness (QED) is 0.654. The van der Waals surface area contributed by atoms with Crippen LogP contribution in [0.3, 0.4) is 0 Å². The van der Waals surface area contributed by atoms with Crippen LogP contribution in [0.4, 0.5) is 13.2 Å². The zero-order chi connectivity index (χ0) is 15.1. The van der Waals surface area contributed by atoms with Gasteiger partial charge in [-0.2, -0.15) is 13.2 Å². The molecule has 3 nitrogen and oxygen atoms in total. The van der Waals surface area contributed by atoms with Crippen molar-refractivity contribution in [2.24, 2.45) is 5.92 Å². The van der Waals surface area contributed by atoms with Gasteiger partial charge in [-0.1, -0.05) is 27.2 Å². The Labute approximate surface area is 114 Å². The van der Waals surface area contributed by atoms with Gasteiger partial charge in [-0.05, 0) is 18.8 Å². The second kappa shape index (κ2) is 8.09. The maximum Gasteiger partial charge on any atom is 0.389 e. The zero-order valence-corrected chi connectivity index (χ0v) is 12.6. The first-order chi connectivity index (χ1) is 8.58. The minimum absolute atomic E-state index is 0.161. The van der Waals surface area contributed by atoms with E-state index in [0.717, 1.165) is 12.8 Å². The highest BCUT2D eigenvalue weighted by Gasteiger charge is 2.29. The van der Waals surface area contributed by atoms with Gasteiger partial charge in [0.15, 0.2) is 0 Å². The van der Waals surface area contributed by atoms with Crippen molar-refractivity contribution in [3.63, 3.8) is 0 Å². The van der Waals surface area contributed by atoms with E-state index in [1.165, 1.54) is 4.31 Å². The van der Waals surface area contributed by atoms with Crippen molar-refractivity contribution in [2.75, 3.05) is 18.8 Å². The Hall–Kier alpha value is -0.300. The molecule has 0 fully saturated rings. The van der Waals surface area contributed by atoms with Crippen LogP contribution in [0.25, 0.3) is 0 Å². The minimum Gasteiger partial charge on any atom is -0.212 e. The largest absolute Gasteiger partial charge is 0.389 e. The van der Waals surface area contributed by atoms with E-state index in [0.29, 0.717) is 13.1 Å². The molecule has 0 atom stereocenters. The molecule has 0 spiro atoms. The minimum atomic E-state index is -4.29. The number of rotatable bonds is 9. The lowest BCUT2D eigenvalue weighted by Crippen LogP contribution is -2.37. The third-order valence-electron chi connectivity index (χ3n) is 2.59. The monoisotopic (exact) mass is 303 g/mol. The van der Waals surface area contributed by atoms with E-state index >= 15 is 0 Å². The molecule has 0 radical (unpaired) electrons. The summed E-state index contributed by atoms with van der Waals surface area (Å²) in [5, 5.41) is 0. The summed E-state index contributed by atoms with van der Waals surface area (Å²) in [4.78, 5) is 0. The summed E-state index contributed by atoms with van der Waals surface area (Å²) in [7, 11) is -3.58. The summed E-state index contributed by atoms with van der Waals surface area (Å²) >= 11 is 0. The van der Waals surface area contributed by atoms with Gasteiger partial charge in [0.05, 0.1) is 5.75 Å². The second-order valence-electron chi connectivity index (χ2n) is 5.14. The van der Waals surface area contributed by atoms with Crippen molar-refractivity contribution < 1.29 is 21.6 Å². The molecule has 116 valence electrons. The first-order valence-corrected chi connectivity index (χ1v) is 8.24. The highest BCUT2D eigenvalue weighted by molar-refractivity contribution is 7.89. The maximum absolute atomic E-state index is 12.0. The molecule has 0 unspecified atom stereocenters. The molecule has 0 aromatic carbocycles. The third kappa shape index (κ3) is 9.27. The number of hydrogen-bond acceptors (Lipinski definition) is 2. The molecule has 0 rings (SSSR count). The van der Waals surface area contributed by atoms with E-state index in [1.807, 2.05) is 20.8 Å². The standard InChI is InChI=1S/C12H24F3NO2S/c1-4-5-8-16(10-11(2)3)19(17,18)9-6-7-12(13,14)15/h11H,4-10H2,1-3H3. The normalized spacial score (nSPS) is 13.5. The highest BCUT2D eigenvalue weighted by Crippen LogP contribution is 2.22. The lowest BCUT2D eigenvalue weighted by Gasteiger charge is -2.24. The summed E-state index contributed by atoms with van der Waals surface area (Å²) < 4.78 is 61.5. The molecule has 0 N–H and O–H groups in total. The highest BCUT2D eigenvalue weighted by atomic mass is 32.2. The maximum atomic E-state index is 12.0.